The topological polar surface area (TPSA) is 17.1 Å². The molecule has 13 heavy (non-hydrogen) atoms. The fourth-order valence-electron chi connectivity index (χ4n) is 0.991. The minimum absolute atomic E-state index is 0.0598. The molecule has 0 spiro atoms. The molecule has 0 atom stereocenters. The fraction of sp³-hybridized carbons (Fsp3) is 0.250. The first-order chi connectivity index (χ1) is 6.24. The van der Waals surface area contributed by atoms with Crippen LogP contribution in [0.4, 0.5) is 0 Å². The lowest BCUT2D eigenvalue weighted by molar-refractivity contribution is 1.28. The third-order valence-electron chi connectivity index (χ3n) is 1.69. The van der Waals surface area contributed by atoms with Gasteiger partial charge in [0, 0.05) is 12.0 Å². The normalized spacial score (nSPS) is 8.77. The van der Waals surface area contributed by atoms with Crippen molar-refractivity contribution in [3.8, 4) is 11.8 Å². The average Bonchev–Trinajstić information content (AvgIpc) is 2.26. The second-order valence-electron chi connectivity index (χ2n) is 2.83. The van der Waals surface area contributed by atoms with Gasteiger partial charge in [-0.15, -0.1) is 0 Å². The average molecular weight is 172 g/mol. The Morgan fingerprint density at radius 2 is 2.15 bits per heavy atom. The fourth-order valence-corrected chi connectivity index (χ4v) is 0.991. The summed E-state index contributed by atoms with van der Waals surface area (Å²) in [6.45, 7) is 3.81. The lowest BCUT2D eigenvalue weighted by Crippen LogP contribution is -1.97. The molecular weight excluding hydrogens is 160 g/mol. The first-order valence-corrected chi connectivity index (χ1v) is 4.34. The van der Waals surface area contributed by atoms with Crippen molar-refractivity contribution in [1.82, 2.24) is 0 Å². The van der Waals surface area contributed by atoms with Crippen molar-refractivity contribution in [3.05, 3.63) is 45.6 Å². The molecule has 0 fully saturated rings. The van der Waals surface area contributed by atoms with E-state index in [9.17, 15) is 4.79 Å². The highest BCUT2D eigenvalue weighted by atomic mass is 16.1. The Balaban J connectivity index is 3.21. The highest BCUT2D eigenvalue weighted by Gasteiger charge is 1.89. The number of hydrogen-bond acceptors (Lipinski definition) is 1. The van der Waals surface area contributed by atoms with Crippen molar-refractivity contribution >= 4 is 0 Å². The molecule has 0 bridgehead atoms. The maximum atomic E-state index is 11.2. The van der Waals surface area contributed by atoms with Crippen molar-refractivity contribution in [3.63, 3.8) is 0 Å². The van der Waals surface area contributed by atoms with Crippen LogP contribution in [0.3, 0.4) is 0 Å². The molecule has 0 unspecified atom stereocenters. The Hall–Kier alpha value is -1.55. The largest absolute Gasteiger partial charge is 0.290 e. The Morgan fingerprint density at radius 1 is 1.38 bits per heavy atom. The summed E-state index contributed by atoms with van der Waals surface area (Å²) in [5.74, 6) is 5.97. The quantitative estimate of drug-likeness (QED) is 0.548. The molecule has 66 valence electrons. The van der Waals surface area contributed by atoms with Gasteiger partial charge in [-0.3, -0.25) is 4.79 Å². The summed E-state index contributed by atoms with van der Waals surface area (Å²) in [7, 11) is 0. The van der Waals surface area contributed by atoms with Crippen LogP contribution in [0, 0.1) is 18.8 Å². The van der Waals surface area contributed by atoms with Gasteiger partial charge in [-0.1, -0.05) is 24.8 Å². The first kappa shape index (κ1) is 9.54. The molecule has 0 N–H and O–H groups in total. The highest BCUT2D eigenvalue weighted by Crippen LogP contribution is 1.96. The third kappa shape index (κ3) is 2.76. The number of aryl methyl sites for hydroxylation is 1. The zero-order chi connectivity index (χ0) is 9.68. The van der Waals surface area contributed by atoms with Gasteiger partial charge in [0.05, 0.1) is 0 Å². The molecule has 0 aromatic heterocycles. The Bertz CT molecular complexity index is 408. The van der Waals surface area contributed by atoms with Crippen LogP contribution in [0.1, 0.15) is 24.5 Å². The van der Waals surface area contributed by atoms with E-state index in [-0.39, 0.29) is 5.43 Å². The standard InChI is InChI=1S/C12H12O/c1-3-4-6-11-7-5-8-12(13)10(2)9-11/h5,7-9H,3H2,1-2H3. The Labute approximate surface area is 78.4 Å². The highest BCUT2D eigenvalue weighted by molar-refractivity contribution is 5.35. The minimum atomic E-state index is 0.0598. The summed E-state index contributed by atoms with van der Waals surface area (Å²) in [4.78, 5) is 11.2. The number of rotatable bonds is 0. The smallest absolute Gasteiger partial charge is 0.181 e. The van der Waals surface area contributed by atoms with Crippen LogP contribution in [0.2, 0.25) is 0 Å². The molecule has 0 saturated heterocycles. The van der Waals surface area contributed by atoms with Crippen LogP contribution in [0.15, 0.2) is 29.1 Å². The Morgan fingerprint density at radius 3 is 2.85 bits per heavy atom. The molecule has 1 nitrogen and oxygen atoms in total. The predicted molar refractivity (Wildman–Crippen MR) is 54.6 cm³/mol. The molecule has 0 saturated carbocycles. The molecule has 1 rings (SSSR count). The van der Waals surface area contributed by atoms with Crippen molar-refractivity contribution in [2.24, 2.45) is 0 Å². The van der Waals surface area contributed by atoms with E-state index in [1.54, 1.807) is 19.1 Å². The van der Waals surface area contributed by atoms with Gasteiger partial charge in [0.15, 0.2) is 5.43 Å². The monoisotopic (exact) mass is 172 g/mol. The van der Waals surface area contributed by atoms with Crippen LogP contribution in [0.5, 0.6) is 0 Å². The van der Waals surface area contributed by atoms with E-state index in [4.69, 9.17) is 0 Å². The van der Waals surface area contributed by atoms with E-state index >= 15 is 0 Å². The van der Waals surface area contributed by atoms with E-state index in [1.165, 1.54) is 0 Å². The molecular formula is C12H12O. The van der Waals surface area contributed by atoms with Gasteiger partial charge < -0.3 is 0 Å². The lowest BCUT2D eigenvalue weighted by Gasteiger charge is -1.83. The van der Waals surface area contributed by atoms with Gasteiger partial charge in [-0.05, 0) is 30.7 Å². The summed E-state index contributed by atoms with van der Waals surface area (Å²) < 4.78 is 0. The van der Waals surface area contributed by atoms with Crippen molar-refractivity contribution in [2.45, 2.75) is 20.3 Å². The summed E-state index contributed by atoms with van der Waals surface area (Å²) in [5.41, 5.74) is 1.71. The van der Waals surface area contributed by atoms with Crippen molar-refractivity contribution < 1.29 is 0 Å². The zero-order valence-corrected chi connectivity index (χ0v) is 7.92. The summed E-state index contributed by atoms with van der Waals surface area (Å²) in [6.07, 6.45) is 0.835. The van der Waals surface area contributed by atoms with E-state index in [1.807, 2.05) is 19.1 Å². The second-order valence-corrected chi connectivity index (χ2v) is 2.83. The molecule has 0 heterocycles. The van der Waals surface area contributed by atoms with Gasteiger partial charge in [0.1, 0.15) is 0 Å². The summed E-state index contributed by atoms with van der Waals surface area (Å²) >= 11 is 0. The summed E-state index contributed by atoms with van der Waals surface area (Å²) in [5, 5.41) is 0. The lowest BCUT2D eigenvalue weighted by atomic mass is 10.2. The molecule has 1 aromatic rings. The Kier molecular flexibility index (Phi) is 3.28. The van der Waals surface area contributed by atoms with Crippen LogP contribution >= 0.6 is 0 Å². The van der Waals surface area contributed by atoms with Gasteiger partial charge in [-0.2, -0.15) is 0 Å². The van der Waals surface area contributed by atoms with E-state index in [0.29, 0.717) is 0 Å². The molecule has 1 heteroatoms. The van der Waals surface area contributed by atoms with Gasteiger partial charge in [0.2, 0.25) is 0 Å². The number of hydrogen-bond donors (Lipinski definition) is 0. The maximum Gasteiger partial charge on any atom is 0.181 e. The second kappa shape index (κ2) is 4.47. The van der Waals surface area contributed by atoms with Gasteiger partial charge >= 0.3 is 0 Å². The SMILES string of the molecule is CCC#Cc1cccc(=O)c(C)c1. The van der Waals surface area contributed by atoms with Crippen molar-refractivity contribution in [2.75, 3.05) is 0 Å². The molecule has 0 aliphatic heterocycles. The molecule has 0 radical (unpaired) electrons. The van der Waals surface area contributed by atoms with E-state index in [2.05, 4.69) is 11.8 Å². The van der Waals surface area contributed by atoms with Crippen LogP contribution in [-0.4, -0.2) is 0 Å². The molecule has 0 aliphatic rings. The minimum Gasteiger partial charge on any atom is -0.290 e. The predicted octanol–water partition coefficient (Wildman–Crippen LogP) is 2.12. The maximum absolute atomic E-state index is 11.2. The van der Waals surface area contributed by atoms with E-state index < -0.39 is 0 Å². The third-order valence-corrected chi connectivity index (χ3v) is 1.69. The first-order valence-electron chi connectivity index (χ1n) is 4.34. The van der Waals surface area contributed by atoms with Crippen molar-refractivity contribution in [1.29, 1.82) is 0 Å². The van der Waals surface area contributed by atoms with Crippen LogP contribution < -0.4 is 5.43 Å². The molecule has 1 aromatic carbocycles. The van der Waals surface area contributed by atoms with Crippen LogP contribution in [0.25, 0.3) is 0 Å². The molecule has 0 aliphatic carbocycles. The summed E-state index contributed by atoms with van der Waals surface area (Å²) in [6, 6.07) is 6.99. The van der Waals surface area contributed by atoms with Crippen LogP contribution in [-0.2, 0) is 0 Å². The van der Waals surface area contributed by atoms with E-state index in [0.717, 1.165) is 17.5 Å². The van der Waals surface area contributed by atoms with Gasteiger partial charge in [0.25, 0.3) is 0 Å². The zero-order valence-electron chi connectivity index (χ0n) is 7.92. The van der Waals surface area contributed by atoms with Gasteiger partial charge in [-0.25, -0.2) is 0 Å². The molecule has 0 amide bonds.